The quantitative estimate of drug-likeness (QED) is 0.344. The van der Waals surface area contributed by atoms with Crippen molar-refractivity contribution in [1.29, 1.82) is 0 Å². The summed E-state index contributed by atoms with van der Waals surface area (Å²) in [7, 11) is 3.10. The molecular formula is C23H24N4O6S. The maximum atomic E-state index is 11.9. The van der Waals surface area contributed by atoms with Gasteiger partial charge >= 0.3 is 5.97 Å². The van der Waals surface area contributed by atoms with Crippen molar-refractivity contribution >= 4 is 45.8 Å². The van der Waals surface area contributed by atoms with Crippen molar-refractivity contribution in [3.05, 3.63) is 42.7 Å². The smallest absolute Gasteiger partial charge is 0.306 e. The minimum Gasteiger partial charge on any atom is -0.493 e. The van der Waals surface area contributed by atoms with Gasteiger partial charge in [0.25, 0.3) is 0 Å². The first-order valence-corrected chi connectivity index (χ1v) is 10.8. The van der Waals surface area contributed by atoms with Gasteiger partial charge in [-0.3, -0.25) is 9.59 Å². The van der Waals surface area contributed by atoms with Crippen LogP contribution in [0.2, 0.25) is 0 Å². The molecule has 0 saturated heterocycles. The normalized spacial score (nSPS) is 10.3. The number of carbonyl (C=O) groups excluding carboxylic acids is 2. The second-order valence-electron chi connectivity index (χ2n) is 6.84. The monoisotopic (exact) mass is 484 g/mol. The molecule has 34 heavy (non-hydrogen) atoms. The van der Waals surface area contributed by atoms with E-state index in [2.05, 4.69) is 20.6 Å². The summed E-state index contributed by atoms with van der Waals surface area (Å²) in [6.07, 6.45) is 1.38. The number of nitrogens with one attached hydrogen (secondary N) is 2. The van der Waals surface area contributed by atoms with Crippen molar-refractivity contribution in [3.63, 3.8) is 0 Å². The van der Waals surface area contributed by atoms with Crippen LogP contribution in [0.4, 0.5) is 5.69 Å². The Balaban J connectivity index is 1.62. The third-order valence-electron chi connectivity index (χ3n) is 4.55. The molecule has 3 rings (SSSR count). The summed E-state index contributed by atoms with van der Waals surface area (Å²) in [6.45, 7) is 1.98. The molecule has 0 aliphatic rings. The number of hydrogen-bond acceptors (Lipinski definition) is 9. The topological polar surface area (TPSA) is 121 Å². The summed E-state index contributed by atoms with van der Waals surface area (Å²) >= 11 is 5.15. The van der Waals surface area contributed by atoms with E-state index in [0.29, 0.717) is 39.7 Å². The molecule has 0 atom stereocenters. The summed E-state index contributed by atoms with van der Waals surface area (Å²) in [6, 6.07) is 10.4. The molecule has 2 aromatic carbocycles. The highest BCUT2D eigenvalue weighted by Crippen LogP contribution is 2.35. The average molecular weight is 485 g/mol. The van der Waals surface area contributed by atoms with Gasteiger partial charge in [-0.1, -0.05) is 0 Å². The van der Waals surface area contributed by atoms with Gasteiger partial charge in [-0.15, -0.1) is 0 Å². The third kappa shape index (κ3) is 6.51. The van der Waals surface area contributed by atoms with Crippen LogP contribution in [0.3, 0.4) is 0 Å². The summed E-state index contributed by atoms with van der Waals surface area (Å²) < 4.78 is 21.4. The molecule has 1 amide bonds. The van der Waals surface area contributed by atoms with Gasteiger partial charge in [-0.25, -0.2) is 9.97 Å². The van der Waals surface area contributed by atoms with Crippen LogP contribution in [-0.4, -0.2) is 47.8 Å². The van der Waals surface area contributed by atoms with Gasteiger partial charge in [0.1, 0.15) is 12.1 Å². The molecule has 11 heteroatoms. The lowest BCUT2D eigenvalue weighted by molar-refractivity contribution is -0.144. The van der Waals surface area contributed by atoms with Crippen LogP contribution in [0.25, 0.3) is 10.9 Å². The van der Waals surface area contributed by atoms with Crippen LogP contribution in [0.5, 0.6) is 23.1 Å². The summed E-state index contributed by atoms with van der Waals surface area (Å²) in [4.78, 5) is 31.7. The summed E-state index contributed by atoms with van der Waals surface area (Å²) in [5.74, 6) is 1.17. The number of amides is 1. The van der Waals surface area contributed by atoms with E-state index in [9.17, 15) is 9.59 Å². The number of benzene rings is 2. The van der Waals surface area contributed by atoms with E-state index in [-0.39, 0.29) is 30.5 Å². The first kappa shape index (κ1) is 24.6. The molecule has 0 unspecified atom stereocenters. The SMILES string of the molecule is CCOC(=O)CCC(=O)NC(=S)Nc1ccc(Oc2ncnc3cc(OC)c(OC)cc23)cc1. The average Bonchev–Trinajstić information content (AvgIpc) is 2.83. The second-order valence-corrected chi connectivity index (χ2v) is 7.25. The Labute approximate surface area is 201 Å². The number of fused-ring (bicyclic) bond motifs is 1. The molecule has 1 heterocycles. The lowest BCUT2D eigenvalue weighted by atomic mass is 10.2. The Morgan fingerprint density at radius 1 is 1.00 bits per heavy atom. The maximum Gasteiger partial charge on any atom is 0.306 e. The molecule has 0 saturated carbocycles. The Kier molecular flexibility index (Phi) is 8.52. The van der Waals surface area contributed by atoms with E-state index >= 15 is 0 Å². The van der Waals surface area contributed by atoms with E-state index in [4.69, 9.17) is 31.2 Å². The van der Waals surface area contributed by atoms with Crippen LogP contribution >= 0.6 is 12.2 Å². The zero-order valence-electron chi connectivity index (χ0n) is 18.9. The highest BCUT2D eigenvalue weighted by Gasteiger charge is 2.13. The van der Waals surface area contributed by atoms with Crippen molar-refractivity contribution in [1.82, 2.24) is 15.3 Å². The van der Waals surface area contributed by atoms with E-state index in [1.54, 1.807) is 57.5 Å². The minimum atomic E-state index is -0.429. The molecule has 178 valence electrons. The van der Waals surface area contributed by atoms with Crippen molar-refractivity contribution < 1.29 is 28.5 Å². The zero-order chi connectivity index (χ0) is 24.5. The van der Waals surface area contributed by atoms with Crippen LogP contribution in [0.1, 0.15) is 19.8 Å². The summed E-state index contributed by atoms with van der Waals surface area (Å²) in [5, 5.41) is 6.21. The number of esters is 1. The number of anilines is 1. The van der Waals surface area contributed by atoms with Gasteiger partial charge in [0.05, 0.1) is 38.2 Å². The van der Waals surface area contributed by atoms with Crippen molar-refractivity contribution in [2.45, 2.75) is 19.8 Å². The fraction of sp³-hybridized carbons (Fsp3) is 0.261. The second kappa shape index (κ2) is 11.8. The van der Waals surface area contributed by atoms with Crippen molar-refractivity contribution in [2.24, 2.45) is 0 Å². The molecule has 1 aromatic heterocycles. The van der Waals surface area contributed by atoms with Gasteiger partial charge in [0.15, 0.2) is 16.6 Å². The summed E-state index contributed by atoms with van der Waals surface area (Å²) in [5.41, 5.74) is 1.28. The molecule has 0 bridgehead atoms. The molecule has 0 aliphatic heterocycles. The molecular weight excluding hydrogens is 460 g/mol. The van der Waals surface area contributed by atoms with Gasteiger partial charge in [0.2, 0.25) is 11.8 Å². The fourth-order valence-corrected chi connectivity index (χ4v) is 3.19. The van der Waals surface area contributed by atoms with Gasteiger partial charge in [-0.2, -0.15) is 0 Å². The minimum absolute atomic E-state index is 0.00922. The zero-order valence-corrected chi connectivity index (χ0v) is 19.7. The van der Waals surface area contributed by atoms with Crippen LogP contribution in [0, 0.1) is 0 Å². The molecule has 0 radical (unpaired) electrons. The van der Waals surface area contributed by atoms with Crippen molar-refractivity contribution in [3.8, 4) is 23.1 Å². The van der Waals surface area contributed by atoms with Crippen LogP contribution in [-0.2, 0) is 14.3 Å². The first-order valence-electron chi connectivity index (χ1n) is 10.3. The number of nitrogens with zero attached hydrogens (tertiary/aromatic N) is 2. The molecule has 0 spiro atoms. The predicted octanol–water partition coefficient (Wildman–Crippen LogP) is 3.60. The van der Waals surface area contributed by atoms with E-state index < -0.39 is 5.97 Å². The molecule has 0 fully saturated rings. The van der Waals surface area contributed by atoms with Crippen LogP contribution in [0.15, 0.2) is 42.7 Å². The maximum absolute atomic E-state index is 11.9. The van der Waals surface area contributed by atoms with E-state index in [0.717, 1.165) is 0 Å². The third-order valence-corrected chi connectivity index (χ3v) is 4.75. The van der Waals surface area contributed by atoms with E-state index in [1.165, 1.54) is 6.33 Å². The first-order chi connectivity index (χ1) is 16.4. The predicted molar refractivity (Wildman–Crippen MR) is 129 cm³/mol. The fourth-order valence-electron chi connectivity index (χ4n) is 2.96. The van der Waals surface area contributed by atoms with Gasteiger partial charge < -0.3 is 29.6 Å². The number of carbonyl (C=O) groups is 2. The van der Waals surface area contributed by atoms with Gasteiger partial charge in [-0.05, 0) is 49.5 Å². The molecule has 0 aliphatic carbocycles. The van der Waals surface area contributed by atoms with E-state index in [1.807, 2.05) is 0 Å². The number of ether oxygens (including phenoxy) is 4. The highest BCUT2D eigenvalue weighted by atomic mass is 32.1. The molecule has 2 N–H and O–H groups in total. The lowest BCUT2D eigenvalue weighted by Crippen LogP contribution is -2.34. The Morgan fingerprint density at radius 2 is 1.71 bits per heavy atom. The number of methoxy groups -OCH3 is 2. The Bertz CT molecular complexity index is 1190. The Hall–Kier alpha value is -3.99. The molecule has 10 nitrogen and oxygen atoms in total. The number of aromatic nitrogens is 2. The van der Waals surface area contributed by atoms with Gasteiger partial charge in [0, 0.05) is 18.2 Å². The van der Waals surface area contributed by atoms with Crippen molar-refractivity contribution in [2.75, 3.05) is 26.1 Å². The Morgan fingerprint density at radius 3 is 2.38 bits per heavy atom. The largest absolute Gasteiger partial charge is 0.493 e. The number of thiocarbonyl (C=S) groups is 1. The number of hydrogen-bond donors (Lipinski definition) is 2. The lowest BCUT2D eigenvalue weighted by Gasteiger charge is -2.12. The number of rotatable bonds is 9. The molecule has 3 aromatic rings. The van der Waals surface area contributed by atoms with Crippen LogP contribution < -0.4 is 24.8 Å². The highest BCUT2D eigenvalue weighted by molar-refractivity contribution is 7.80. The standard InChI is InChI=1S/C23H24N4O6S/c1-4-32-21(29)10-9-20(28)27-23(34)26-14-5-7-15(8-6-14)33-22-16-11-18(30-2)19(31-3)12-17(16)24-13-25-22/h5-8,11-13H,4,9-10H2,1-3H3,(H2,26,27,28,34).